The molecule has 0 saturated heterocycles. The van der Waals surface area contributed by atoms with Crippen molar-refractivity contribution in [3.8, 4) is 0 Å². The molecule has 0 aromatic heterocycles. The molecule has 2 unspecified atom stereocenters. The van der Waals surface area contributed by atoms with Crippen LogP contribution in [0.5, 0.6) is 0 Å². The van der Waals surface area contributed by atoms with E-state index in [1.54, 1.807) is 24.3 Å². The Hall–Kier alpha value is -1.16. The van der Waals surface area contributed by atoms with Gasteiger partial charge in [0.1, 0.15) is 0 Å². The Morgan fingerprint density at radius 1 is 0.611 bits per heavy atom. The van der Waals surface area contributed by atoms with E-state index in [9.17, 15) is 0 Å². The normalized spacial score (nSPS) is 28.4. The number of hydrogen-bond acceptors (Lipinski definition) is 6. The quantitative estimate of drug-likeness (QED) is 0.337. The van der Waals surface area contributed by atoms with E-state index in [4.69, 9.17) is 33.2 Å². The topological polar surface area (TPSA) is 156 Å². The van der Waals surface area contributed by atoms with E-state index >= 15 is 0 Å². The van der Waals surface area contributed by atoms with Gasteiger partial charge in [0.2, 0.25) is 0 Å². The van der Waals surface area contributed by atoms with Gasteiger partial charge in [-0.3, -0.25) is 21.7 Å². The first kappa shape index (κ1) is 13.3. The number of nitrogens with two attached hydrogens (primary N) is 6. The van der Waals surface area contributed by atoms with Gasteiger partial charge < -0.3 is 11.5 Å². The average molecular weight is 284 g/mol. The molecule has 6 nitrogen and oxygen atoms in total. The van der Waals surface area contributed by atoms with Crippen LogP contribution in [0, 0.1) is 0 Å². The summed E-state index contributed by atoms with van der Waals surface area (Å²) in [5.41, 5.74) is 25.0. The van der Waals surface area contributed by atoms with Gasteiger partial charge in [-0.25, -0.2) is 0 Å². The summed E-state index contributed by atoms with van der Waals surface area (Å²) >= 11 is 0. The molecular weight excluding hydrogens is 268 g/mol. The predicted octanol–water partition coefficient (Wildman–Crippen LogP) is -1.07. The van der Waals surface area contributed by atoms with E-state index in [-0.39, 0.29) is 0 Å². The molecule has 0 radical (unpaired) electrons. The minimum atomic E-state index is -0.713. The van der Waals surface area contributed by atoms with Crippen molar-refractivity contribution < 1.29 is 0 Å². The van der Waals surface area contributed by atoms with Crippen LogP contribution < -0.4 is 33.2 Å². The second-order valence-electron chi connectivity index (χ2n) is 3.77. The fourth-order valence-electron chi connectivity index (χ4n) is 1.56. The van der Waals surface area contributed by atoms with Gasteiger partial charge in [0.15, 0.2) is 0 Å². The molecule has 0 spiro atoms. The first-order chi connectivity index (χ1) is 8.40. The third kappa shape index (κ3) is 2.34. The highest BCUT2D eigenvalue weighted by molar-refractivity contribution is 8.17. The Morgan fingerprint density at radius 3 is 1.22 bits per heavy atom. The van der Waals surface area contributed by atoms with Crippen LogP contribution in [0.4, 0.5) is 0 Å². The van der Waals surface area contributed by atoms with E-state index in [1.165, 1.54) is 0 Å². The van der Waals surface area contributed by atoms with Crippen LogP contribution in [0.3, 0.4) is 0 Å². The molecule has 8 heteroatoms. The molecule has 12 N–H and O–H groups in total. The zero-order valence-corrected chi connectivity index (χ0v) is 11.2. The summed E-state index contributed by atoms with van der Waals surface area (Å²) in [5, 5.41) is 12.7. The van der Waals surface area contributed by atoms with Crippen molar-refractivity contribution >= 4 is 31.3 Å². The predicted molar refractivity (Wildman–Crippen MR) is 82.7 cm³/mol. The minimum absolute atomic E-state index is 0.536. The Morgan fingerprint density at radius 2 is 0.944 bits per heavy atom. The van der Waals surface area contributed by atoms with E-state index < -0.39 is 21.3 Å². The molecule has 2 atom stereocenters. The van der Waals surface area contributed by atoms with Crippen molar-refractivity contribution in [3.63, 3.8) is 0 Å². The molecule has 2 rings (SSSR count). The molecule has 0 aromatic rings. The third-order valence-electron chi connectivity index (χ3n) is 2.54. The van der Waals surface area contributed by atoms with Gasteiger partial charge in [-0.1, -0.05) is 21.3 Å². The van der Waals surface area contributed by atoms with Crippen LogP contribution in [-0.2, 0) is 0 Å². The lowest BCUT2D eigenvalue weighted by Gasteiger charge is -2.18. The largest absolute Gasteiger partial charge is 0.393 e. The fourth-order valence-corrected chi connectivity index (χ4v) is 3.12. The molecule has 0 fully saturated rings. The average Bonchev–Trinajstić information content (AvgIpc) is 2.31. The van der Waals surface area contributed by atoms with Crippen molar-refractivity contribution in [1.29, 1.82) is 0 Å². The highest BCUT2D eigenvalue weighted by Gasteiger charge is 2.14. The first-order valence-electron chi connectivity index (χ1n) is 5.00. The van der Waals surface area contributed by atoms with Gasteiger partial charge >= 0.3 is 0 Å². The van der Waals surface area contributed by atoms with Crippen molar-refractivity contribution in [3.05, 3.63) is 45.5 Å². The zero-order chi connectivity index (χ0) is 13.4. The fraction of sp³-hybridized carbons (Fsp3) is 0. The van der Waals surface area contributed by atoms with Crippen molar-refractivity contribution in [1.82, 2.24) is 0 Å². The summed E-state index contributed by atoms with van der Waals surface area (Å²) in [6, 6.07) is 0. The Bertz CT molecular complexity index is 552. The van der Waals surface area contributed by atoms with Crippen LogP contribution in [0.1, 0.15) is 0 Å². The zero-order valence-electron chi connectivity index (χ0n) is 9.59. The van der Waals surface area contributed by atoms with Crippen molar-refractivity contribution in [2.75, 3.05) is 0 Å². The van der Waals surface area contributed by atoms with Crippen LogP contribution in [0.25, 0.3) is 0 Å². The van der Waals surface area contributed by atoms with Gasteiger partial charge in [0.25, 0.3) is 0 Å². The summed E-state index contributed by atoms with van der Waals surface area (Å²) < 4.78 is 0. The molecule has 2 aliphatic heterocycles. The van der Waals surface area contributed by atoms with E-state index in [1.807, 2.05) is 0 Å². The van der Waals surface area contributed by atoms with Crippen LogP contribution in [0.15, 0.2) is 45.5 Å². The minimum Gasteiger partial charge on any atom is -0.393 e. The van der Waals surface area contributed by atoms with Crippen molar-refractivity contribution in [2.24, 2.45) is 33.2 Å². The molecule has 2 aliphatic rings. The van der Waals surface area contributed by atoms with Gasteiger partial charge in [-0.15, -0.1) is 0 Å². The lowest BCUT2D eigenvalue weighted by Crippen LogP contribution is -2.21. The summed E-state index contributed by atoms with van der Waals surface area (Å²) in [7, 11) is -1.43. The monoisotopic (exact) mass is 284 g/mol. The number of rotatable bonds is 1. The van der Waals surface area contributed by atoms with E-state index in [0.717, 1.165) is 11.1 Å². The van der Waals surface area contributed by atoms with Gasteiger partial charge in [-0.05, 0) is 35.5 Å². The molecular formula is C10H16N6S2. The van der Waals surface area contributed by atoms with Gasteiger partial charge in [0.05, 0.1) is 20.0 Å². The van der Waals surface area contributed by atoms with Crippen molar-refractivity contribution in [2.45, 2.75) is 0 Å². The maximum atomic E-state index is 5.83. The molecule has 0 aliphatic carbocycles. The number of allylic oxidation sites excluding steroid dienone is 4. The van der Waals surface area contributed by atoms with Crippen LogP contribution in [-0.4, -0.2) is 9.98 Å². The maximum Gasteiger partial charge on any atom is 0.0757 e. The summed E-state index contributed by atoms with van der Waals surface area (Å²) in [6.07, 6.45) is 7.12. The molecule has 0 bridgehead atoms. The highest BCUT2D eigenvalue weighted by Crippen LogP contribution is 2.29. The molecule has 0 amide bonds. The Balaban J connectivity index is 2.50. The summed E-state index contributed by atoms with van der Waals surface area (Å²) in [5.74, 6) is 0. The second kappa shape index (κ2) is 4.84. The summed E-state index contributed by atoms with van der Waals surface area (Å²) in [4.78, 5) is 1.07. The Kier molecular flexibility index (Phi) is 3.57. The highest BCUT2D eigenvalue weighted by atomic mass is 32.2. The van der Waals surface area contributed by atoms with E-state index in [2.05, 4.69) is 0 Å². The van der Waals surface area contributed by atoms with Crippen LogP contribution in [0.2, 0.25) is 0 Å². The molecule has 0 saturated carbocycles. The second-order valence-corrected chi connectivity index (χ2v) is 7.01. The smallest absolute Gasteiger partial charge is 0.0757 e. The summed E-state index contributed by atoms with van der Waals surface area (Å²) in [6.45, 7) is 0. The standard InChI is InChI=1S/C10H16N6S2/c11-7-1-5(2-8(12)17(7)15)6-3-9(13)18(16)10(14)4-6/h1-4H,11-16H2. The molecule has 0 aromatic carbocycles. The Labute approximate surface area is 110 Å². The molecule has 98 valence electrons. The molecule has 2 heterocycles. The van der Waals surface area contributed by atoms with E-state index in [0.29, 0.717) is 20.0 Å². The number of hydrogen-bond donors (Lipinski definition) is 6. The maximum absolute atomic E-state index is 5.83. The lowest BCUT2D eigenvalue weighted by atomic mass is 10.0. The lowest BCUT2D eigenvalue weighted by molar-refractivity contribution is 1.43. The van der Waals surface area contributed by atoms with Gasteiger partial charge in [-0.2, -0.15) is 0 Å². The molecule has 18 heavy (non-hydrogen) atoms. The van der Waals surface area contributed by atoms with Crippen LogP contribution >= 0.6 is 21.3 Å². The third-order valence-corrected chi connectivity index (χ3v) is 5.04. The van der Waals surface area contributed by atoms with Gasteiger partial charge in [0, 0.05) is 0 Å². The SMILES string of the molecule is NC1=CC(C2=CC(N)=S(N)C(N)=C2)=CC(N)=S1N. The first-order valence-corrected chi connectivity index (χ1v) is 7.58.